The highest BCUT2D eigenvalue weighted by Crippen LogP contribution is 2.26. The second-order valence-electron chi connectivity index (χ2n) is 4.67. The predicted octanol–water partition coefficient (Wildman–Crippen LogP) is 2.21. The molecule has 2 heterocycles. The summed E-state index contributed by atoms with van der Waals surface area (Å²) in [5.74, 6) is 0.506. The number of para-hydroxylation sites is 1. The molecule has 0 spiro atoms. The lowest BCUT2D eigenvalue weighted by atomic mass is 10.1. The molecule has 0 aliphatic heterocycles. The topological polar surface area (TPSA) is 61.7 Å². The largest absolute Gasteiger partial charge is 0.369 e. The van der Waals surface area contributed by atoms with Gasteiger partial charge in [0.15, 0.2) is 5.65 Å². The number of nitrogens with zero attached hydrogens (tertiary/aromatic N) is 4. The van der Waals surface area contributed by atoms with Crippen LogP contribution in [0.15, 0.2) is 24.3 Å². The minimum atomic E-state index is 0.506. The average Bonchev–Trinajstić information content (AvgIpc) is 2.88. The predicted molar refractivity (Wildman–Crippen MR) is 76.4 cm³/mol. The number of hydrogen-bond acceptors (Lipinski definition) is 3. The van der Waals surface area contributed by atoms with Crippen LogP contribution in [0.4, 0.5) is 5.95 Å². The number of hydrogen-bond donors (Lipinski definition) is 1. The van der Waals surface area contributed by atoms with Gasteiger partial charge in [-0.1, -0.05) is 25.1 Å². The molecule has 0 saturated carbocycles. The van der Waals surface area contributed by atoms with Crippen molar-refractivity contribution in [2.45, 2.75) is 20.3 Å². The lowest BCUT2D eigenvalue weighted by molar-refractivity contribution is 0.761. The maximum atomic E-state index is 6.10. The van der Waals surface area contributed by atoms with Gasteiger partial charge in [0.05, 0.1) is 11.4 Å². The molecule has 0 fully saturated rings. The Balaban J connectivity index is 2.39. The van der Waals surface area contributed by atoms with E-state index >= 15 is 0 Å². The molecule has 3 rings (SSSR count). The molecule has 1 aromatic carbocycles. The van der Waals surface area contributed by atoms with Crippen LogP contribution < -0.4 is 5.73 Å². The first-order valence-electron chi connectivity index (χ1n) is 6.39. The van der Waals surface area contributed by atoms with E-state index in [1.807, 2.05) is 35.4 Å². The molecule has 98 valence electrons. The number of fused-ring (bicyclic) bond motifs is 1. The number of aryl methyl sites for hydroxylation is 3. The van der Waals surface area contributed by atoms with Gasteiger partial charge in [-0.2, -0.15) is 5.10 Å². The van der Waals surface area contributed by atoms with Gasteiger partial charge in [-0.05, 0) is 25.0 Å². The van der Waals surface area contributed by atoms with Gasteiger partial charge >= 0.3 is 0 Å². The molecule has 5 heteroatoms. The van der Waals surface area contributed by atoms with Gasteiger partial charge in [-0.15, -0.1) is 0 Å². The number of nitrogen functional groups attached to an aromatic ring is 1. The highest BCUT2D eigenvalue weighted by molar-refractivity contribution is 5.80. The molecule has 3 aromatic rings. The van der Waals surface area contributed by atoms with Crippen molar-refractivity contribution in [3.8, 4) is 5.69 Å². The fourth-order valence-electron chi connectivity index (χ4n) is 2.55. The van der Waals surface area contributed by atoms with E-state index in [4.69, 9.17) is 5.73 Å². The Morgan fingerprint density at radius 3 is 2.74 bits per heavy atom. The van der Waals surface area contributed by atoms with Crippen LogP contribution in [0, 0.1) is 6.92 Å². The maximum absolute atomic E-state index is 6.10. The molecule has 0 bridgehead atoms. The summed E-state index contributed by atoms with van der Waals surface area (Å²) >= 11 is 0. The third kappa shape index (κ3) is 1.62. The smallest absolute Gasteiger partial charge is 0.207 e. The lowest BCUT2D eigenvalue weighted by Crippen LogP contribution is -2.07. The second kappa shape index (κ2) is 4.12. The van der Waals surface area contributed by atoms with Crippen LogP contribution >= 0.6 is 0 Å². The Labute approximate surface area is 111 Å². The van der Waals surface area contributed by atoms with Crippen molar-refractivity contribution >= 4 is 17.1 Å². The third-order valence-electron chi connectivity index (χ3n) is 3.44. The summed E-state index contributed by atoms with van der Waals surface area (Å²) in [5.41, 5.74) is 11.1. The van der Waals surface area contributed by atoms with Gasteiger partial charge in [0.1, 0.15) is 5.52 Å². The van der Waals surface area contributed by atoms with Crippen molar-refractivity contribution in [3.63, 3.8) is 0 Å². The van der Waals surface area contributed by atoms with Gasteiger partial charge in [-0.3, -0.25) is 4.57 Å². The van der Waals surface area contributed by atoms with E-state index < -0.39 is 0 Å². The first-order valence-corrected chi connectivity index (χ1v) is 6.39. The summed E-state index contributed by atoms with van der Waals surface area (Å²) < 4.78 is 3.81. The minimum absolute atomic E-state index is 0.506. The summed E-state index contributed by atoms with van der Waals surface area (Å²) in [6.45, 7) is 4.09. The van der Waals surface area contributed by atoms with E-state index in [1.165, 1.54) is 5.56 Å². The molecule has 0 unspecified atom stereocenters. The molecule has 5 nitrogen and oxygen atoms in total. The van der Waals surface area contributed by atoms with E-state index in [1.54, 1.807) is 0 Å². The zero-order valence-electron chi connectivity index (χ0n) is 11.4. The Morgan fingerprint density at radius 2 is 2.00 bits per heavy atom. The zero-order chi connectivity index (χ0) is 13.6. The number of benzene rings is 1. The summed E-state index contributed by atoms with van der Waals surface area (Å²) in [6, 6.07) is 8.24. The van der Waals surface area contributed by atoms with E-state index in [-0.39, 0.29) is 0 Å². The van der Waals surface area contributed by atoms with Crippen molar-refractivity contribution in [2.75, 3.05) is 5.73 Å². The molecule has 0 atom stereocenters. The average molecular weight is 255 g/mol. The van der Waals surface area contributed by atoms with Crippen molar-refractivity contribution in [1.82, 2.24) is 19.3 Å². The number of aromatic nitrogens is 4. The maximum Gasteiger partial charge on any atom is 0.207 e. The molecular weight excluding hydrogens is 238 g/mol. The lowest BCUT2D eigenvalue weighted by Gasteiger charge is -2.11. The molecule has 2 aromatic heterocycles. The highest BCUT2D eigenvalue weighted by atomic mass is 15.3. The molecule has 0 aliphatic carbocycles. The van der Waals surface area contributed by atoms with Crippen LogP contribution in [0.5, 0.6) is 0 Å². The number of imidazole rings is 1. The van der Waals surface area contributed by atoms with E-state index in [2.05, 4.69) is 29.1 Å². The van der Waals surface area contributed by atoms with E-state index in [0.29, 0.717) is 5.95 Å². The number of nitrogens with two attached hydrogens (primary N) is 1. The van der Waals surface area contributed by atoms with Crippen molar-refractivity contribution < 1.29 is 0 Å². The van der Waals surface area contributed by atoms with Gasteiger partial charge in [-0.25, -0.2) is 9.67 Å². The normalized spacial score (nSPS) is 11.3. The quantitative estimate of drug-likeness (QED) is 0.763. The van der Waals surface area contributed by atoms with E-state index in [9.17, 15) is 0 Å². The fourth-order valence-corrected chi connectivity index (χ4v) is 2.55. The van der Waals surface area contributed by atoms with Crippen LogP contribution in [0.2, 0.25) is 0 Å². The van der Waals surface area contributed by atoms with Gasteiger partial charge in [0.25, 0.3) is 0 Å². The molecule has 2 N–H and O–H groups in total. The monoisotopic (exact) mass is 255 g/mol. The first kappa shape index (κ1) is 11.8. The van der Waals surface area contributed by atoms with Gasteiger partial charge in [0.2, 0.25) is 5.95 Å². The van der Waals surface area contributed by atoms with Crippen LogP contribution in [-0.2, 0) is 13.5 Å². The Kier molecular flexibility index (Phi) is 2.55. The summed E-state index contributed by atoms with van der Waals surface area (Å²) in [5, 5.41) is 4.41. The molecular formula is C14H17N5. The Morgan fingerprint density at radius 1 is 1.26 bits per heavy atom. The minimum Gasteiger partial charge on any atom is -0.369 e. The zero-order valence-corrected chi connectivity index (χ0v) is 11.4. The Hall–Kier alpha value is -2.30. The highest BCUT2D eigenvalue weighted by Gasteiger charge is 2.18. The fraction of sp³-hybridized carbons (Fsp3) is 0.286. The standard InChI is InChI=1S/C14H17N5/c1-4-10-7-5-6-8-11(10)19-13-12(16-14(19)15)9(2)17-18(13)3/h5-8H,4H2,1-3H3,(H2,15,16). The molecule has 0 aliphatic rings. The van der Waals surface area contributed by atoms with Crippen LogP contribution in [0.25, 0.3) is 16.9 Å². The summed E-state index contributed by atoms with van der Waals surface area (Å²) in [7, 11) is 1.92. The first-order chi connectivity index (χ1) is 9.13. The molecule has 0 saturated heterocycles. The van der Waals surface area contributed by atoms with Crippen molar-refractivity contribution in [1.29, 1.82) is 0 Å². The Bertz CT molecular complexity index is 751. The molecule has 0 amide bonds. The summed E-state index contributed by atoms with van der Waals surface area (Å²) in [6.07, 6.45) is 0.951. The second-order valence-corrected chi connectivity index (χ2v) is 4.67. The molecule has 19 heavy (non-hydrogen) atoms. The van der Waals surface area contributed by atoms with Gasteiger partial charge in [0, 0.05) is 7.05 Å². The van der Waals surface area contributed by atoms with E-state index in [0.717, 1.165) is 29.0 Å². The van der Waals surface area contributed by atoms with Gasteiger partial charge < -0.3 is 5.73 Å². The SMILES string of the molecule is CCc1ccccc1-n1c(N)nc2c(C)nn(C)c21. The number of rotatable bonds is 2. The third-order valence-corrected chi connectivity index (χ3v) is 3.44. The van der Waals surface area contributed by atoms with Crippen molar-refractivity contribution in [2.24, 2.45) is 7.05 Å². The molecule has 0 radical (unpaired) electrons. The summed E-state index contributed by atoms with van der Waals surface area (Å²) in [4.78, 5) is 4.44. The van der Waals surface area contributed by atoms with Crippen LogP contribution in [-0.4, -0.2) is 19.3 Å². The van der Waals surface area contributed by atoms with Crippen LogP contribution in [0.1, 0.15) is 18.2 Å². The van der Waals surface area contributed by atoms with Crippen molar-refractivity contribution in [3.05, 3.63) is 35.5 Å². The number of anilines is 1. The van der Waals surface area contributed by atoms with Crippen LogP contribution in [0.3, 0.4) is 0 Å².